The third kappa shape index (κ3) is 5.35. The number of anilines is 1. The van der Waals surface area contributed by atoms with Crippen molar-refractivity contribution in [2.45, 2.75) is 45.1 Å². The molecule has 0 saturated carbocycles. The second-order valence-electron chi connectivity index (χ2n) is 8.80. The van der Waals surface area contributed by atoms with Crippen LogP contribution in [-0.4, -0.2) is 64.1 Å². The van der Waals surface area contributed by atoms with Crippen LogP contribution in [0.15, 0.2) is 36.5 Å². The number of hydrogen-bond acceptors (Lipinski definition) is 4. The third-order valence-electron chi connectivity index (χ3n) is 6.69. The molecule has 3 heterocycles. The fourth-order valence-corrected chi connectivity index (χ4v) is 4.72. The zero-order valence-corrected chi connectivity index (χ0v) is 18.7. The van der Waals surface area contributed by atoms with Gasteiger partial charge in [0.1, 0.15) is 11.6 Å². The van der Waals surface area contributed by atoms with Crippen LogP contribution in [0, 0.1) is 11.7 Å². The Labute approximate surface area is 188 Å². The minimum atomic E-state index is -0.314. The number of nitrogens with one attached hydrogen (secondary N) is 1. The van der Waals surface area contributed by atoms with Crippen LogP contribution >= 0.6 is 0 Å². The normalized spacial score (nSPS) is 20.3. The van der Waals surface area contributed by atoms with Crippen LogP contribution < -0.4 is 5.32 Å². The van der Waals surface area contributed by atoms with Crippen molar-refractivity contribution in [3.63, 3.8) is 0 Å². The van der Waals surface area contributed by atoms with Gasteiger partial charge in [0.05, 0.1) is 24.6 Å². The lowest BCUT2D eigenvalue weighted by atomic mass is 9.96. The molecule has 0 bridgehead atoms. The molecule has 2 aliphatic heterocycles. The lowest BCUT2D eigenvalue weighted by Crippen LogP contribution is -2.44. The summed E-state index contributed by atoms with van der Waals surface area (Å²) in [5, 5.41) is 7.54. The SMILES string of the molecule is CCN1CCC(n2nccc2NC(=O)C2CCCN(C(=O)Cc3ccc(F)cc3)C2)CC1. The number of likely N-dealkylation sites (tertiary alicyclic amines) is 2. The van der Waals surface area contributed by atoms with E-state index < -0.39 is 0 Å². The molecular formula is C24H32FN5O2. The molecule has 2 saturated heterocycles. The van der Waals surface area contributed by atoms with Crippen molar-refractivity contribution in [2.24, 2.45) is 5.92 Å². The molecule has 4 rings (SSSR count). The third-order valence-corrected chi connectivity index (χ3v) is 6.69. The Morgan fingerprint density at radius 3 is 2.56 bits per heavy atom. The summed E-state index contributed by atoms with van der Waals surface area (Å²) in [6.07, 6.45) is 5.55. The highest BCUT2D eigenvalue weighted by Crippen LogP contribution is 2.26. The Morgan fingerprint density at radius 1 is 1.09 bits per heavy atom. The maximum atomic E-state index is 13.1. The van der Waals surface area contributed by atoms with Gasteiger partial charge in [-0.25, -0.2) is 9.07 Å². The van der Waals surface area contributed by atoms with E-state index in [9.17, 15) is 14.0 Å². The number of hydrogen-bond donors (Lipinski definition) is 1. The fraction of sp³-hybridized carbons (Fsp3) is 0.542. The van der Waals surface area contributed by atoms with Crippen LogP contribution in [-0.2, 0) is 16.0 Å². The van der Waals surface area contributed by atoms with Gasteiger partial charge in [-0.15, -0.1) is 0 Å². The Hall–Kier alpha value is -2.74. The quantitative estimate of drug-likeness (QED) is 0.748. The van der Waals surface area contributed by atoms with Crippen LogP contribution in [0.5, 0.6) is 0 Å². The standard InChI is InChI=1S/C24H32FN5O2/c1-2-28-14-10-21(11-15-28)30-22(9-12-26-30)27-24(32)19-4-3-13-29(17-19)23(31)16-18-5-7-20(25)8-6-18/h5-9,12,19,21H,2-4,10-11,13-17H2,1H3,(H,27,32). The van der Waals surface area contributed by atoms with E-state index >= 15 is 0 Å². The summed E-state index contributed by atoms with van der Waals surface area (Å²) in [4.78, 5) is 29.9. The van der Waals surface area contributed by atoms with Crippen molar-refractivity contribution in [1.82, 2.24) is 19.6 Å². The fourth-order valence-electron chi connectivity index (χ4n) is 4.72. The zero-order chi connectivity index (χ0) is 22.5. The molecule has 172 valence electrons. The number of halogens is 1. The second-order valence-corrected chi connectivity index (χ2v) is 8.80. The van der Waals surface area contributed by atoms with Crippen molar-refractivity contribution >= 4 is 17.6 Å². The van der Waals surface area contributed by atoms with Crippen LogP contribution in [0.3, 0.4) is 0 Å². The summed E-state index contributed by atoms with van der Waals surface area (Å²) < 4.78 is 15.1. The number of benzene rings is 1. The zero-order valence-electron chi connectivity index (χ0n) is 18.7. The number of aromatic nitrogens is 2. The van der Waals surface area contributed by atoms with Gasteiger partial charge in [-0.05, 0) is 49.9 Å². The van der Waals surface area contributed by atoms with Gasteiger partial charge in [-0.3, -0.25) is 9.59 Å². The van der Waals surface area contributed by atoms with Gasteiger partial charge in [0, 0.05) is 32.2 Å². The van der Waals surface area contributed by atoms with Crippen LogP contribution in [0.1, 0.15) is 44.2 Å². The summed E-state index contributed by atoms with van der Waals surface area (Å²) in [6, 6.07) is 8.14. The van der Waals surface area contributed by atoms with Gasteiger partial charge in [0.25, 0.3) is 0 Å². The Balaban J connectivity index is 1.33. The Morgan fingerprint density at radius 2 is 1.84 bits per heavy atom. The molecule has 1 N–H and O–H groups in total. The highest BCUT2D eigenvalue weighted by molar-refractivity contribution is 5.92. The van der Waals surface area contributed by atoms with Gasteiger partial charge in [0.2, 0.25) is 11.8 Å². The molecule has 2 aromatic rings. The number of carbonyl (C=O) groups excluding carboxylic acids is 2. The van der Waals surface area contributed by atoms with Gasteiger partial charge in [-0.2, -0.15) is 5.10 Å². The summed E-state index contributed by atoms with van der Waals surface area (Å²) >= 11 is 0. The van der Waals surface area contributed by atoms with E-state index in [-0.39, 0.29) is 30.0 Å². The summed E-state index contributed by atoms with van der Waals surface area (Å²) in [7, 11) is 0. The minimum absolute atomic E-state index is 0.0261. The van der Waals surface area contributed by atoms with E-state index in [0.29, 0.717) is 19.1 Å². The molecule has 0 spiro atoms. The molecule has 2 amide bonds. The van der Waals surface area contributed by atoms with Crippen molar-refractivity contribution in [1.29, 1.82) is 0 Å². The molecule has 0 radical (unpaired) electrons. The molecule has 7 nitrogen and oxygen atoms in total. The molecule has 1 atom stereocenters. The Bertz CT molecular complexity index is 921. The molecule has 0 aliphatic carbocycles. The van der Waals surface area contributed by atoms with Gasteiger partial charge < -0.3 is 15.1 Å². The monoisotopic (exact) mass is 441 g/mol. The smallest absolute Gasteiger partial charge is 0.230 e. The molecule has 1 aromatic heterocycles. The second kappa shape index (κ2) is 10.3. The van der Waals surface area contributed by atoms with Crippen molar-refractivity contribution < 1.29 is 14.0 Å². The maximum absolute atomic E-state index is 13.1. The van der Waals surface area contributed by atoms with Gasteiger partial charge in [-0.1, -0.05) is 19.1 Å². The van der Waals surface area contributed by atoms with E-state index in [1.165, 1.54) is 12.1 Å². The van der Waals surface area contributed by atoms with E-state index in [2.05, 4.69) is 22.2 Å². The van der Waals surface area contributed by atoms with E-state index in [4.69, 9.17) is 0 Å². The van der Waals surface area contributed by atoms with Gasteiger partial charge in [0.15, 0.2) is 0 Å². The molecule has 8 heteroatoms. The average molecular weight is 442 g/mol. The summed E-state index contributed by atoms with van der Waals surface area (Å²) in [5.41, 5.74) is 0.779. The summed E-state index contributed by atoms with van der Waals surface area (Å²) in [5.74, 6) is 0.0934. The average Bonchev–Trinajstić information content (AvgIpc) is 3.28. The van der Waals surface area contributed by atoms with Crippen molar-refractivity contribution in [3.8, 4) is 0 Å². The Kier molecular flexibility index (Phi) is 7.19. The lowest BCUT2D eigenvalue weighted by Gasteiger charge is -2.33. The first-order valence-corrected chi connectivity index (χ1v) is 11.6. The number of carbonyl (C=O) groups is 2. The molecule has 1 unspecified atom stereocenters. The topological polar surface area (TPSA) is 70.5 Å². The van der Waals surface area contributed by atoms with Crippen molar-refractivity contribution in [2.75, 3.05) is 38.0 Å². The highest BCUT2D eigenvalue weighted by Gasteiger charge is 2.30. The first-order chi connectivity index (χ1) is 15.5. The number of rotatable bonds is 6. The number of nitrogens with zero attached hydrogens (tertiary/aromatic N) is 4. The predicted octanol–water partition coefficient (Wildman–Crippen LogP) is 3.10. The first-order valence-electron chi connectivity index (χ1n) is 11.6. The molecule has 2 aliphatic rings. The van der Waals surface area contributed by atoms with Gasteiger partial charge >= 0.3 is 0 Å². The maximum Gasteiger partial charge on any atom is 0.230 e. The number of piperidine rings is 2. The van der Waals surface area contributed by atoms with E-state index in [1.807, 2.05) is 10.7 Å². The lowest BCUT2D eigenvalue weighted by molar-refractivity contribution is -0.133. The molecule has 2 fully saturated rings. The van der Waals surface area contributed by atoms with E-state index in [0.717, 1.165) is 56.7 Å². The molecule has 1 aromatic carbocycles. The minimum Gasteiger partial charge on any atom is -0.342 e. The summed E-state index contributed by atoms with van der Waals surface area (Å²) in [6.45, 7) is 6.39. The molecule has 32 heavy (non-hydrogen) atoms. The van der Waals surface area contributed by atoms with Crippen LogP contribution in [0.4, 0.5) is 10.2 Å². The molecular weight excluding hydrogens is 409 g/mol. The highest BCUT2D eigenvalue weighted by atomic mass is 19.1. The largest absolute Gasteiger partial charge is 0.342 e. The van der Waals surface area contributed by atoms with Crippen LogP contribution in [0.25, 0.3) is 0 Å². The van der Waals surface area contributed by atoms with Crippen molar-refractivity contribution in [3.05, 3.63) is 47.9 Å². The first kappa shape index (κ1) is 22.5. The predicted molar refractivity (Wildman–Crippen MR) is 121 cm³/mol. The number of amides is 2. The van der Waals surface area contributed by atoms with E-state index in [1.54, 1.807) is 23.2 Å². The van der Waals surface area contributed by atoms with Crippen LogP contribution in [0.2, 0.25) is 0 Å².